The van der Waals surface area contributed by atoms with E-state index in [1.807, 2.05) is 10.8 Å². The number of carbonyl (C=O) groups is 2. The van der Waals surface area contributed by atoms with Crippen LogP contribution in [0.15, 0.2) is 18.7 Å². The second-order valence-electron chi connectivity index (χ2n) is 4.97. The predicted molar refractivity (Wildman–Crippen MR) is 74.3 cm³/mol. The summed E-state index contributed by atoms with van der Waals surface area (Å²) in [5.41, 5.74) is 0. The molecule has 112 valence electrons. The van der Waals surface area contributed by atoms with Crippen molar-refractivity contribution in [2.45, 2.75) is 39.3 Å². The van der Waals surface area contributed by atoms with Crippen molar-refractivity contribution in [3.8, 4) is 0 Å². The molecule has 0 aliphatic rings. The van der Waals surface area contributed by atoms with Crippen LogP contribution in [0.3, 0.4) is 0 Å². The number of aryl methyl sites for hydroxylation is 1. The SMILES string of the molecule is CC(C)[C@H](NC(=O)NCCCCn1ccnc1)C(=O)O. The number of urea groups is 1. The normalized spacial score (nSPS) is 12.2. The number of nitrogens with zero attached hydrogens (tertiary/aromatic N) is 2. The van der Waals surface area contributed by atoms with Gasteiger partial charge in [0.25, 0.3) is 0 Å². The minimum absolute atomic E-state index is 0.153. The maximum Gasteiger partial charge on any atom is 0.326 e. The van der Waals surface area contributed by atoms with Crippen LogP contribution < -0.4 is 10.6 Å². The monoisotopic (exact) mass is 282 g/mol. The quantitative estimate of drug-likeness (QED) is 0.621. The van der Waals surface area contributed by atoms with Gasteiger partial charge in [0.05, 0.1) is 6.33 Å². The van der Waals surface area contributed by atoms with Crippen LogP contribution in [0.1, 0.15) is 26.7 Å². The molecule has 0 unspecified atom stereocenters. The average Bonchev–Trinajstić information content (AvgIpc) is 2.88. The third-order valence-corrected chi connectivity index (χ3v) is 2.91. The lowest BCUT2D eigenvalue weighted by atomic mass is 10.1. The molecule has 1 rings (SSSR count). The predicted octanol–water partition coefficient (Wildman–Crippen LogP) is 1.07. The molecule has 7 heteroatoms. The summed E-state index contributed by atoms with van der Waals surface area (Å²) in [4.78, 5) is 26.4. The number of hydrogen-bond donors (Lipinski definition) is 3. The van der Waals surface area contributed by atoms with Crippen LogP contribution in [0.4, 0.5) is 4.79 Å². The highest BCUT2D eigenvalue weighted by Crippen LogP contribution is 2.01. The lowest BCUT2D eigenvalue weighted by molar-refractivity contribution is -0.140. The topological polar surface area (TPSA) is 96.3 Å². The second-order valence-corrected chi connectivity index (χ2v) is 4.97. The van der Waals surface area contributed by atoms with Crippen molar-refractivity contribution < 1.29 is 14.7 Å². The van der Waals surface area contributed by atoms with E-state index in [2.05, 4.69) is 15.6 Å². The zero-order valence-electron chi connectivity index (χ0n) is 11.9. The highest BCUT2D eigenvalue weighted by Gasteiger charge is 2.22. The van der Waals surface area contributed by atoms with Gasteiger partial charge in [-0.3, -0.25) is 0 Å². The summed E-state index contributed by atoms with van der Waals surface area (Å²) >= 11 is 0. The van der Waals surface area contributed by atoms with Gasteiger partial charge in [-0.1, -0.05) is 13.8 Å². The Morgan fingerprint density at radius 2 is 2.10 bits per heavy atom. The Balaban J connectivity index is 2.14. The molecule has 20 heavy (non-hydrogen) atoms. The molecule has 0 fully saturated rings. The minimum Gasteiger partial charge on any atom is -0.480 e. The van der Waals surface area contributed by atoms with E-state index in [0.29, 0.717) is 6.54 Å². The molecule has 0 aliphatic heterocycles. The third kappa shape index (κ3) is 5.73. The Morgan fingerprint density at radius 3 is 2.65 bits per heavy atom. The van der Waals surface area contributed by atoms with E-state index in [1.165, 1.54) is 0 Å². The van der Waals surface area contributed by atoms with Gasteiger partial charge in [-0.15, -0.1) is 0 Å². The van der Waals surface area contributed by atoms with E-state index in [9.17, 15) is 9.59 Å². The van der Waals surface area contributed by atoms with E-state index in [-0.39, 0.29) is 5.92 Å². The van der Waals surface area contributed by atoms with Crippen molar-refractivity contribution in [2.24, 2.45) is 5.92 Å². The average molecular weight is 282 g/mol. The highest BCUT2D eigenvalue weighted by molar-refractivity contribution is 5.82. The lowest BCUT2D eigenvalue weighted by Gasteiger charge is -2.18. The molecule has 0 aromatic carbocycles. The van der Waals surface area contributed by atoms with Crippen LogP contribution in [0.25, 0.3) is 0 Å². The number of amides is 2. The number of carbonyl (C=O) groups excluding carboxylic acids is 1. The number of aromatic nitrogens is 2. The number of nitrogens with one attached hydrogen (secondary N) is 2. The van der Waals surface area contributed by atoms with Crippen LogP contribution in [-0.2, 0) is 11.3 Å². The second kappa shape index (κ2) is 8.19. The first-order valence-electron chi connectivity index (χ1n) is 6.73. The van der Waals surface area contributed by atoms with Crippen LogP contribution in [0, 0.1) is 5.92 Å². The summed E-state index contributed by atoms with van der Waals surface area (Å²) < 4.78 is 1.97. The van der Waals surface area contributed by atoms with Crippen molar-refractivity contribution in [3.63, 3.8) is 0 Å². The first-order valence-corrected chi connectivity index (χ1v) is 6.73. The summed E-state index contributed by atoms with van der Waals surface area (Å²) in [6.07, 6.45) is 7.11. The fourth-order valence-corrected chi connectivity index (χ4v) is 1.75. The van der Waals surface area contributed by atoms with Crippen molar-refractivity contribution in [3.05, 3.63) is 18.7 Å². The Hall–Kier alpha value is -2.05. The third-order valence-electron chi connectivity index (χ3n) is 2.91. The maximum absolute atomic E-state index is 11.6. The molecule has 0 radical (unpaired) electrons. The van der Waals surface area contributed by atoms with Gasteiger partial charge in [0.2, 0.25) is 0 Å². The molecule has 7 nitrogen and oxygen atoms in total. The molecule has 2 amide bonds. The Kier molecular flexibility index (Phi) is 6.55. The van der Waals surface area contributed by atoms with E-state index in [4.69, 9.17) is 5.11 Å². The van der Waals surface area contributed by atoms with Gasteiger partial charge in [-0.2, -0.15) is 0 Å². The van der Waals surface area contributed by atoms with Crippen LogP contribution >= 0.6 is 0 Å². The van der Waals surface area contributed by atoms with Crippen LogP contribution in [0.5, 0.6) is 0 Å². The highest BCUT2D eigenvalue weighted by atomic mass is 16.4. The molecule has 1 aromatic rings. The molecule has 0 saturated carbocycles. The Labute approximate surface area is 118 Å². The largest absolute Gasteiger partial charge is 0.480 e. The van der Waals surface area contributed by atoms with Gasteiger partial charge in [0, 0.05) is 25.5 Å². The smallest absolute Gasteiger partial charge is 0.326 e. The van der Waals surface area contributed by atoms with Gasteiger partial charge >= 0.3 is 12.0 Å². The fourth-order valence-electron chi connectivity index (χ4n) is 1.75. The number of hydrogen-bond acceptors (Lipinski definition) is 3. The van der Waals surface area contributed by atoms with Crippen LogP contribution in [0.2, 0.25) is 0 Å². The molecule has 0 spiro atoms. The number of carboxylic acids is 1. The van der Waals surface area contributed by atoms with Crippen molar-refractivity contribution in [2.75, 3.05) is 6.54 Å². The molecule has 1 heterocycles. The standard InChI is InChI=1S/C13H22N4O3/c1-10(2)11(12(18)19)16-13(20)15-5-3-4-7-17-8-6-14-9-17/h6,8-11H,3-5,7H2,1-2H3,(H,18,19)(H2,15,16,20)/t11-/m0/s1. The molecule has 1 aromatic heterocycles. The van der Waals surface area contributed by atoms with Crippen LogP contribution in [-0.4, -0.2) is 39.2 Å². The lowest BCUT2D eigenvalue weighted by Crippen LogP contribution is -2.48. The summed E-state index contributed by atoms with van der Waals surface area (Å²) in [6.45, 7) is 4.88. The van der Waals surface area contributed by atoms with Gasteiger partial charge in [0.1, 0.15) is 6.04 Å². The van der Waals surface area contributed by atoms with Gasteiger partial charge in [-0.05, 0) is 18.8 Å². The molecular formula is C13H22N4O3. The van der Waals surface area contributed by atoms with Crippen molar-refractivity contribution >= 4 is 12.0 Å². The fraction of sp³-hybridized carbons (Fsp3) is 0.615. The number of aliphatic carboxylic acids is 1. The molecule has 3 N–H and O–H groups in total. The summed E-state index contributed by atoms with van der Waals surface area (Å²) in [5.74, 6) is -1.17. The molecule has 0 saturated heterocycles. The zero-order valence-corrected chi connectivity index (χ0v) is 11.9. The number of unbranched alkanes of at least 4 members (excludes halogenated alkanes) is 1. The summed E-state index contributed by atoms with van der Waals surface area (Å²) in [7, 11) is 0. The van der Waals surface area contributed by atoms with E-state index in [0.717, 1.165) is 19.4 Å². The van der Waals surface area contributed by atoms with Crippen molar-refractivity contribution in [1.29, 1.82) is 0 Å². The summed E-state index contributed by atoms with van der Waals surface area (Å²) in [6, 6.07) is -1.30. The van der Waals surface area contributed by atoms with E-state index < -0.39 is 18.0 Å². The minimum atomic E-state index is -1.02. The number of rotatable bonds is 8. The first-order chi connectivity index (χ1) is 9.50. The molecular weight excluding hydrogens is 260 g/mol. The summed E-state index contributed by atoms with van der Waals surface area (Å²) in [5, 5.41) is 14.1. The Morgan fingerprint density at radius 1 is 1.35 bits per heavy atom. The van der Waals surface area contributed by atoms with Crippen molar-refractivity contribution in [1.82, 2.24) is 20.2 Å². The van der Waals surface area contributed by atoms with Gasteiger partial charge < -0.3 is 20.3 Å². The maximum atomic E-state index is 11.6. The van der Waals surface area contributed by atoms with E-state index >= 15 is 0 Å². The first kappa shape index (κ1) is 16.0. The molecule has 1 atom stereocenters. The number of imidazole rings is 1. The van der Waals surface area contributed by atoms with Gasteiger partial charge in [-0.25, -0.2) is 14.6 Å². The zero-order chi connectivity index (χ0) is 15.0. The van der Waals surface area contributed by atoms with E-state index in [1.54, 1.807) is 26.4 Å². The Bertz CT molecular complexity index is 417. The molecule has 0 aliphatic carbocycles. The molecule has 0 bridgehead atoms. The van der Waals surface area contributed by atoms with Gasteiger partial charge in [0.15, 0.2) is 0 Å². The number of carboxylic acid groups (broad SMARTS) is 1.